The van der Waals surface area contributed by atoms with Crippen molar-refractivity contribution >= 4 is 5.91 Å². The normalized spacial score (nSPS) is 32.0. The van der Waals surface area contributed by atoms with Crippen LogP contribution >= 0.6 is 0 Å². The third-order valence-electron chi connectivity index (χ3n) is 6.22. The number of nitrogens with zero attached hydrogens (tertiary/aromatic N) is 5. The van der Waals surface area contributed by atoms with Gasteiger partial charge in [-0.2, -0.15) is 0 Å². The quantitative estimate of drug-likeness (QED) is 0.808. The molecule has 2 bridgehead atoms. The second kappa shape index (κ2) is 6.93. The van der Waals surface area contributed by atoms with Gasteiger partial charge in [0.1, 0.15) is 0 Å². The topological polar surface area (TPSA) is 63.5 Å². The molecule has 0 spiro atoms. The molecule has 7 nitrogen and oxygen atoms in total. The van der Waals surface area contributed by atoms with Gasteiger partial charge >= 0.3 is 0 Å². The predicted molar refractivity (Wildman–Crippen MR) is 97.7 cm³/mol. The van der Waals surface area contributed by atoms with E-state index in [1.54, 1.807) is 0 Å². The van der Waals surface area contributed by atoms with Crippen LogP contribution in [-0.2, 0) is 21.5 Å². The summed E-state index contributed by atoms with van der Waals surface area (Å²) in [7, 11) is 0. The molecule has 4 atom stereocenters. The van der Waals surface area contributed by atoms with Gasteiger partial charge in [0, 0.05) is 37.3 Å². The Labute approximate surface area is 155 Å². The Morgan fingerprint density at radius 1 is 1.27 bits per heavy atom. The molecule has 0 N–H and O–H groups in total. The second-order valence-electron chi connectivity index (χ2n) is 9.05. The summed E-state index contributed by atoms with van der Waals surface area (Å²) in [4.78, 5) is 17.5. The standard InChI is InChI=1S/C19H31N5O2/c1-19(2,3)17-13-24(21-20-17)11-15-10-14-4-5-23(15)12-16(14)18(25)22-6-8-26-9-7-22/h13-16H,4-12H2,1-3H3/t14-,15+,16-/m0/s1. The largest absolute Gasteiger partial charge is 0.378 e. The molecule has 4 aliphatic rings. The van der Waals surface area contributed by atoms with Gasteiger partial charge in [0.05, 0.1) is 31.4 Å². The van der Waals surface area contributed by atoms with Crippen molar-refractivity contribution in [1.29, 1.82) is 0 Å². The summed E-state index contributed by atoms with van der Waals surface area (Å²) in [6, 6.07) is 0.469. The Hall–Kier alpha value is -1.47. The number of carbonyl (C=O) groups excluding carboxylic acids is 1. The van der Waals surface area contributed by atoms with Crippen LogP contribution in [0.3, 0.4) is 0 Å². The average molecular weight is 361 g/mol. The van der Waals surface area contributed by atoms with Gasteiger partial charge in [-0.05, 0) is 25.3 Å². The fourth-order valence-corrected chi connectivity index (χ4v) is 4.57. The Kier molecular flexibility index (Phi) is 4.77. The van der Waals surface area contributed by atoms with E-state index in [4.69, 9.17) is 4.74 Å². The lowest BCUT2D eigenvalue weighted by Crippen LogP contribution is -2.59. The number of amides is 1. The van der Waals surface area contributed by atoms with E-state index in [-0.39, 0.29) is 11.3 Å². The molecular weight excluding hydrogens is 330 g/mol. The van der Waals surface area contributed by atoms with E-state index in [0.29, 0.717) is 31.1 Å². The second-order valence-corrected chi connectivity index (χ2v) is 9.05. The highest BCUT2D eigenvalue weighted by atomic mass is 16.5. The van der Waals surface area contributed by atoms with E-state index >= 15 is 0 Å². The summed E-state index contributed by atoms with van der Waals surface area (Å²) in [6.45, 7) is 12.2. The monoisotopic (exact) mass is 361 g/mol. The highest BCUT2D eigenvalue weighted by Crippen LogP contribution is 2.38. The third kappa shape index (κ3) is 3.51. The number of fused-ring (bicyclic) bond motifs is 3. The lowest BCUT2D eigenvalue weighted by molar-refractivity contribution is -0.148. The maximum absolute atomic E-state index is 12.9. The van der Waals surface area contributed by atoms with Gasteiger partial charge in [0.25, 0.3) is 0 Å². The molecule has 1 amide bonds. The first-order valence-electron chi connectivity index (χ1n) is 9.93. The summed E-state index contributed by atoms with van der Waals surface area (Å²) in [5.41, 5.74) is 1.06. The molecule has 5 heterocycles. The molecule has 4 aliphatic heterocycles. The van der Waals surface area contributed by atoms with Crippen LogP contribution in [0.4, 0.5) is 0 Å². The van der Waals surface area contributed by atoms with Crippen molar-refractivity contribution in [3.05, 3.63) is 11.9 Å². The van der Waals surface area contributed by atoms with Gasteiger partial charge in [-0.3, -0.25) is 14.4 Å². The maximum atomic E-state index is 12.9. The number of morpholine rings is 1. The first-order chi connectivity index (χ1) is 12.4. The first kappa shape index (κ1) is 17.9. The van der Waals surface area contributed by atoms with Crippen molar-refractivity contribution in [2.45, 2.75) is 51.6 Å². The van der Waals surface area contributed by atoms with Crippen LogP contribution in [0.25, 0.3) is 0 Å². The summed E-state index contributed by atoms with van der Waals surface area (Å²) in [5.74, 6) is 1.02. The molecule has 5 rings (SSSR count). The van der Waals surface area contributed by atoms with Crippen molar-refractivity contribution in [3.8, 4) is 0 Å². The minimum absolute atomic E-state index is 0.0276. The smallest absolute Gasteiger partial charge is 0.227 e. The SMILES string of the molecule is CC(C)(C)c1cn(C[C@H]2C[C@@H]3CCN2C[C@@H]3C(=O)N2CCOCC2)nn1. The molecule has 0 radical (unpaired) electrons. The lowest BCUT2D eigenvalue weighted by atomic mass is 9.75. The number of hydrogen-bond donors (Lipinski definition) is 0. The summed E-state index contributed by atoms with van der Waals surface area (Å²) >= 11 is 0. The number of ether oxygens (including phenoxy) is 1. The zero-order valence-electron chi connectivity index (χ0n) is 16.2. The molecule has 144 valence electrons. The van der Waals surface area contributed by atoms with Gasteiger partial charge in [-0.25, -0.2) is 0 Å². The fraction of sp³-hybridized carbons (Fsp3) is 0.842. The molecule has 7 heteroatoms. The minimum Gasteiger partial charge on any atom is -0.378 e. The molecule has 1 aromatic heterocycles. The number of rotatable bonds is 3. The Morgan fingerprint density at radius 2 is 2.04 bits per heavy atom. The highest BCUT2D eigenvalue weighted by molar-refractivity contribution is 5.79. The zero-order chi connectivity index (χ0) is 18.3. The average Bonchev–Trinajstić information content (AvgIpc) is 3.11. The van der Waals surface area contributed by atoms with Gasteiger partial charge in [0.15, 0.2) is 0 Å². The molecular formula is C19H31N5O2. The Balaban J connectivity index is 1.39. The van der Waals surface area contributed by atoms with Gasteiger partial charge in [-0.15, -0.1) is 5.10 Å². The number of carbonyl (C=O) groups is 1. The molecule has 1 aromatic rings. The summed E-state index contributed by atoms with van der Waals surface area (Å²) < 4.78 is 7.38. The lowest BCUT2D eigenvalue weighted by Gasteiger charge is -2.50. The van der Waals surface area contributed by atoms with E-state index in [9.17, 15) is 4.79 Å². The van der Waals surface area contributed by atoms with E-state index in [0.717, 1.165) is 51.3 Å². The van der Waals surface area contributed by atoms with E-state index < -0.39 is 0 Å². The molecule has 0 aliphatic carbocycles. The Bertz CT molecular complexity index is 647. The van der Waals surface area contributed by atoms with Gasteiger partial charge in [-0.1, -0.05) is 26.0 Å². The molecule has 4 fully saturated rings. The van der Waals surface area contributed by atoms with Crippen LogP contribution in [-0.4, -0.2) is 76.1 Å². The van der Waals surface area contributed by atoms with Gasteiger partial charge in [0.2, 0.25) is 5.91 Å². The van der Waals surface area contributed by atoms with Crippen LogP contribution in [0.15, 0.2) is 6.20 Å². The van der Waals surface area contributed by atoms with Crippen LogP contribution in [0.2, 0.25) is 0 Å². The van der Waals surface area contributed by atoms with E-state index in [1.165, 1.54) is 0 Å². The molecule has 4 saturated heterocycles. The van der Waals surface area contributed by atoms with Crippen molar-refractivity contribution < 1.29 is 9.53 Å². The maximum Gasteiger partial charge on any atom is 0.227 e. The van der Waals surface area contributed by atoms with Crippen molar-refractivity contribution in [3.63, 3.8) is 0 Å². The van der Waals surface area contributed by atoms with Gasteiger partial charge < -0.3 is 9.64 Å². The molecule has 26 heavy (non-hydrogen) atoms. The molecule has 1 unspecified atom stereocenters. The molecule has 0 saturated carbocycles. The highest BCUT2D eigenvalue weighted by Gasteiger charge is 2.44. The van der Waals surface area contributed by atoms with Crippen molar-refractivity contribution in [2.75, 3.05) is 39.4 Å². The number of aromatic nitrogens is 3. The molecule has 0 aromatic carbocycles. The Morgan fingerprint density at radius 3 is 2.65 bits per heavy atom. The van der Waals surface area contributed by atoms with Crippen LogP contribution in [0.5, 0.6) is 0 Å². The minimum atomic E-state index is 0.0276. The summed E-state index contributed by atoms with van der Waals surface area (Å²) in [5, 5.41) is 8.68. The predicted octanol–water partition coefficient (Wildman–Crippen LogP) is 1.14. The van der Waals surface area contributed by atoms with Crippen molar-refractivity contribution in [1.82, 2.24) is 24.8 Å². The van der Waals surface area contributed by atoms with E-state index in [1.807, 2.05) is 9.58 Å². The first-order valence-corrected chi connectivity index (χ1v) is 9.93. The summed E-state index contributed by atoms with van der Waals surface area (Å²) in [6.07, 6.45) is 4.31. The van der Waals surface area contributed by atoms with Crippen LogP contribution < -0.4 is 0 Å². The van der Waals surface area contributed by atoms with E-state index in [2.05, 4.69) is 42.2 Å². The fourth-order valence-electron chi connectivity index (χ4n) is 4.57. The van der Waals surface area contributed by atoms with Crippen molar-refractivity contribution in [2.24, 2.45) is 11.8 Å². The van der Waals surface area contributed by atoms with Crippen LogP contribution in [0.1, 0.15) is 39.3 Å². The number of hydrogen-bond acceptors (Lipinski definition) is 5. The number of piperidine rings is 3. The zero-order valence-corrected chi connectivity index (χ0v) is 16.2. The third-order valence-corrected chi connectivity index (χ3v) is 6.22. The van der Waals surface area contributed by atoms with Crippen LogP contribution in [0, 0.1) is 11.8 Å².